The van der Waals surface area contributed by atoms with Crippen molar-refractivity contribution in [1.29, 1.82) is 0 Å². The number of aromatic nitrogens is 3. The molecule has 8 nitrogen and oxygen atoms in total. The summed E-state index contributed by atoms with van der Waals surface area (Å²) < 4.78 is 6.68. The number of carbonyl (C=O) groups excluding carboxylic acids is 1. The maximum atomic E-state index is 12.8. The van der Waals surface area contributed by atoms with Crippen LogP contribution in [0.25, 0.3) is 22.4 Å². The lowest BCUT2D eigenvalue weighted by atomic mass is 10.1. The van der Waals surface area contributed by atoms with Crippen LogP contribution >= 0.6 is 0 Å². The van der Waals surface area contributed by atoms with Crippen molar-refractivity contribution in [3.8, 4) is 11.5 Å². The molecule has 0 unspecified atom stereocenters. The standard InChI is InChI=1S/C22H21N5O3/c1-14-23-22(30-25-14)18-12-21(29)27(19-7-5-4-6-17(18)19)13-20(28)24-15-8-10-16(11-9-15)26(2)3/h4-12H,13H2,1-3H3,(H,24,28). The predicted octanol–water partition coefficient (Wildman–Crippen LogP) is 3.06. The predicted molar refractivity (Wildman–Crippen MR) is 116 cm³/mol. The number of rotatable bonds is 5. The molecule has 30 heavy (non-hydrogen) atoms. The first-order valence-corrected chi connectivity index (χ1v) is 9.43. The van der Waals surface area contributed by atoms with E-state index in [1.807, 2.05) is 61.5 Å². The van der Waals surface area contributed by atoms with Crippen LogP contribution in [0.2, 0.25) is 0 Å². The molecule has 0 saturated heterocycles. The Morgan fingerprint density at radius 2 is 1.87 bits per heavy atom. The van der Waals surface area contributed by atoms with Gasteiger partial charge in [0, 0.05) is 36.9 Å². The molecule has 0 bridgehead atoms. The monoisotopic (exact) mass is 403 g/mol. The van der Waals surface area contributed by atoms with Crippen molar-refractivity contribution in [3.05, 3.63) is 70.8 Å². The summed E-state index contributed by atoms with van der Waals surface area (Å²) in [7, 11) is 3.90. The Kier molecular flexibility index (Phi) is 5.05. The van der Waals surface area contributed by atoms with Crippen molar-refractivity contribution in [2.24, 2.45) is 0 Å². The molecule has 2 aromatic carbocycles. The van der Waals surface area contributed by atoms with Gasteiger partial charge in [0.2, 0.25) is 5.91 Å². The highest BCUT2D eigenvalue weighted by Gasteiger charge is 2.16. The van der Waals surface area contributed by atoms with E-state index in [1.54, 1.807) is 13.0 Å². The molecule has 2 heterocycles. The molecule has 0 saturated carbocycles. The van der Waals surface area contributed by atoms with Crippen LogP contribution in [0.4, 0.5) is 11.4 Å². The van der Waals surface area contributed by atoms with E-state index in [2.05, 4.69) is 15.5 Å². The van der Waals surface area contributed by atoms with Crippen molar-refractivity contribution in [1.82, 2.24) is 14.7 Å². The molecule has 2 aromatic heterocycles. The van der Waals surface area contributed by atoms with Crippen LogP contribution < -0.4 is 15.8 Å². The SMILES string of the molecule is Cc1noc(-c2cc(=O)n(CC(=O)Nc3ccc(N(C)C)cc3)c3ccccc23)n1. The van der Waals surface area contributed by atoms with Gasteiger partial charge in [0.25, 0.3) is 11.4 Å². The summed E-state index contributed by atoms with van der Waals surface area (Å²) in [6.07, 6.45) is 0. The molecule has 0 aliphatic rings. The topological polar surface area (TPSA) is 93.3 Å². The zero-order chi connectivity index (χ0) is 21.3. The van der Waals surface area contributed by atoms with Gasteiger partial charge in [0.15, 0.2) is 5.82 Å². The zero-order valence-corrected chi connectivity index (χ0v) is 16.9. The van der Waals surface area contributed by atoms with Gasteiger partial charge in [-0.05, 0) is 37.3 Å². The second kappa shape index (κ2) is 7.82. The van der Waals surface area contributed by atoms with E-state index in [1.165, 1.54) is 10.6 Å². The number of amides is 1. The van der Waals surface area contributed by atoms with Gasteiger partial charge in [-0.2, -0.15) is 4.98 Å². The Hall–Kier alpha value is -3.94. The van der Waals surface area contributed by atoms with Gasteiger partial charge in [-0.1, -0.05) is 23.4 Å². The van der Waals surface area contributed by atoms with Gasteiger partial charge >= 0.3 is 0 Å². The van der Waals surface area contributed by atoms with Crippen molar-refractivity contribution in [3.63, 3.8) is 0 Å². The fourth-order valence-electron chi connectivity index (χ4n) is 3.27. The molecule has 8 heteroatoms. The first kappa shape index (κ1) is 19.4. The van der Waals surface area contributed by atoms with E-state index in [0.29, 0.717) is 22.6 Å². The number of hydrogen-bond donors (Lipinski definition) is 1. The van der Waals surface area contributed by atoms with Crippen LogP contribution in [0.3, 0.4) is 0 Å². The number of para-hydroxylation sites is 1. The number of benzene rings is 2. The molecule has 0 aliphatic carbocycles. The normalized spacial score (nSPS) is 10.9. The second-order valence-corrected chi connectivity index (χ2v) is 7.14. The van der Waals surface area contributed by atoms with Crippen LogP contribution in [0, 0.1) is 6.92 Å². The zero-order valence-electron chi connectivity index (χ0n) is 16.9. The molecule has 0 atom stereocenters. The number of fused-ring (bicyclic) bond motifs is 1. The number of anilines is 2. The number of pyridine rings is 1. The maximum Gasteiger partial charge on any atom is 0.258 e. The van der Waals surface area contributed by atoms with Crippen molar-refractivity contribution in [2.75, 3.05) is 24.3 Å². The second-order valence-electron chi connectivity index (χ2n) is 7.14. The van der Waals surface area contributed by atoms with Gasteiger partial charge in [0.05, 0.1) is 11.1 Å². The summed E-state index contributed by atoms with van der Waals surface area (Å²) in [6.45, 7) is 1.60. The van der Waals surface area contributed by atoms with Crippen molar-refractivity contribution >= 4 is 28.2 Å². The highest BCUT2D eigenvalue weighted by molar-refractivity contribution is 5.95. The van der Waals surface area contributed by atoms with Gasteiger partial charge in [-0.3, -0.25) is 14.2 Å². The Bertz CT molecular complexity index is 1270. The quantitative estimate of drug-likeness (QED) is 0.550. The third-order valence-electron chi connectivity index (χ3n) is 4.75. The van der Waals surface area contributed by atoms with E-state index < -0.39 is 0 Å². The maximum absolute atomic E-state index is 12.8. The number of hydrogen-bond acceptors (Lipinski definition) is 6. The molecule has 1 N–H and O–H groups in total. The fraction of sp³-hybridized carbons (Fsp3) is 0.182. The minimum absolute atomic E-state index is 0.113. The number of nitrogens with one attached hydrogen (secondary N) is 1. The lowest BCUT2D eigenvalue weighted by Gasteiger charge is -2.14. The van der Waals surface area contributed by atoms with Crippen molar-refractivity contribution in [2.45, 2.75) is 13.5 Å². The van der Waals surface area contributed by atoms with Crippen LogP contribution in [-0.4, -0.2) is 34.7 Å². The average molecular weight is 403 g/mol. The minimum Gasteiger partial charge on any atom is -0.378 e. The number of carbonyl (C=O) groups is 1. The van der Waals surface area contributed by atoms with Crippen LogP contribution in [-0.2, 0) is 11.3 Å². The highest BCUT2D eigenvalue weighted by atomic mass is 16.5. The van der Waals surface area contributed by atoms with Gasteiger partial charge in [-0.25, -0.2) is 0 Å². The van der Waals surface area contributed by atoms with E-state index in [0.717, 1.165) is 11.1 Å². The number of aryl methyl sites for hydroxylation is 1. The summed E-state index contributed by atoms with van der Waals surface area (Å²) in [6, 6.07) is 16.2. The lowest BCUT2D eigenvalue weighted by molar-refractivity contribution is -0.116. The average Bonchev–Trinajstić information content (AvgIpc) is 3.16. The van der Waals surface area contributed by atoms with E-state index in [-0.39, 0.29) is 23.9 Å². The van der Waals surface area contributed by atoms with E-state index in [4.69, 9.17) is 4.52 Å². The Morgan fingerprint density at radius 3 is 2.53 bits per heavy atom. The third-order valence-corrected chi connectivity index (χ3v) is 4.75. The van der Waals surface area contributed by atoms with Gasteiger partial charge in [-0.15, -0.1) is 0 Å². The first-order valence-electron chi connectivity index (χ1n) is 9.43. The van der Waals surface area contributed by atoms with Crippen LogP contribution in [0.5, 0.6) is 0 Å². The lowest BCUT2D eigenvalue weighted by Crippen LogP contribution is -2.27. The Balaban J connectivity index is 1.65. The summed E-state index contributed by atoms with van der Waals surface area (Å²) in [4.78, 5) is 31.7. The van der Waals surface area contributed by atoms with Crippen LogP contribution in [0.15, 0.2) is 63.9 Å². The number of nitrogens with zero attached hydrogens (tertiary/aromatic N) is 4. The summed E-state index contributed by atoms with van der Waals surface area (Å²) in [5.74, 6) is 0.470. The fourth-order valence-corrected chi connectivity index (χ4v) is 3.27. The molecule has 4 aromatic rings. The largest absolute Gasteiger partial charge is 0.378 e. The molecule has 4 rings (SSSR count). The molecule has 152 valence electrons. The highest BCUT2D eigenvalue weighted by Crippen LogP contribution is 2.26. The molecule has 0 fully saturated rings. The van der Waals surface area contributed by atoms with Gasteiger partial charge < -0.3 is 14.7 Å². The van der Waals surface area contributed by atoms with E-state index in [9.17, 15) is 9.59 Å². The van der Waals surface area contributed by atoms with E-state index >= 15 is 0 Å². The minimum atomic E-state index is -0.322. The smallest absolute Gasteiger partial charge is 0.258 e. The molecular formula is C22H21N5O3. The summed E-state index contributed by atoms with van der Waals surface area (Å²) in [5.41, 5.74) is 2.54. The van der Waals surface area contributed by atoms with Gasteiger partial charge in [0.1, 0.15) is 6.54 Å². The summed E-state index contributed by atoms with van der Waals surface area (Å²) in [5, 5.41) is 7.40. The summed E-state index contributed by atoms with van der Waals surface area (Å²) >= 11 is 0. The Labute approximate surface area is 172 Å². The molecule has 1 amide bonds. The molecule has 0 aliphatic heterocycles. The molecule has 0 radical (unpaired) electrons. The molecule has 0 spiro atoms. The van der Waals surface area contributed by atoms with Crippen LogP contribution in [0.1, 0.15) is 5.82 Å². The first-order chi connectivity index (χ1) is 14.4. The third kappa shape index (κ3) is 3.80. The Morgan fingerprint density at radius 1 is 1.13 bits per heavy atom. The molecular weight excluding hydrogens is 382 g/mol. The van der Waals surface area contributed by atoms with Crippen molar-refractivity contribution < 1.29 is 9.32 Å².